The van der Waals surface area contributed by atoms with Crippen molar-refractivity contribution < 1.29 is 4.74 Å². The fraction of sp³-hybridized carbons (Fsp3) is 0.200. The Bertz CT molecular complexity index is 175. The second-order valence-corrected chi connectivity index (χ2v) is 1.89. The van der Waals surface area contributed by atoms with Gasteiger partial charge in [-0.15, -0.1) is 0 Å². The summed E-state index contributed by atoms with van der Waals surface area (Å²) in [6.07, 6.45) is 7.01. The van der Waals surface area contributed by atoms with Gasteiger partial charge < -0.3 is 4.74 Å². The van der Waals surface area contributed by atoms with Gasteiger partial charge in [-0.2, -0.15) is 0 Å². The minimum atomic E-state index is 0.748. The van der Waals surface area contributed by atoms with Gasteiger partial charge in [0.05, 0.1) is 0 Å². The van der Waals surface area contributed by atoms with Crippen molar-refractivity contribution in [3.8, 4) is 0 Å². The van der Waals surface area contributed by atoms with Crippen molar-refractivity contribution in [1.29, 1.82) is 0 Å². The van der Waals surface area contributed by atoms with E-state index in [0.717, 1.165) is 11.5 Å². The van der Waals surface area contributed by atoms with E-state index in [1.54, 1.807) is 12.2 Å². The molecule has 0 aromatic heterocycles. The minimum absolute atomic E-state index is 0.748. The molecule has 0 saturated heterocycles. The van der Waals surface area contributed by atoms with E-state index in [-0.39, 0.29) is 0 Å². The zero-order valence-corrected chi connectivity index (χ0v) is 7.13. The molecule has 0 aliphatic rings. The number of hydrogen-bond donors (Lipinski definition) is 0. The molecule has 0 aliphatic carbocycles. The molecule has 0 unspecified atom stereocenters. The predicted molar refractivity (Wildman–Crippen MR) is 49.0 cm³/mol. The molecule has 0 amide bonds. The van der Waals surface area contributed by atoms with Gasteiger partial charge >= 0.3 is 0 Å². The Labute approximate surface area is 68.4 Å². The van der Waals surface area contributed by atoms with Gasteiger partial charge in [0, 0.05) is 0 Å². The average Bonchev–Trinajstić information content (AvgIpc) is 2.07. The molecule has 0 spiro atoms. The average molecular weight is 150 g/mol. The lowest BCUT2D eigenvalue weighted by molar-refractivity contribution is 0.335. The molecule has 11 heavy (non-hydrogen) atoms. The number of hydrogen-bond acceptors (Lipinski definition) is 1. The van der Waals surface area contributed by atoms with Crippen molar-refractivity contribution in [2.45, 2.75) is 13.8 Å². The Morgan fingerprint density at radius 2 is 1.36 bits per heavy atom. The summed E-state index contributed by atoms with van der Waals surface area (Å²) in [6, 6.07) is 0. The Balaban J connectivity index is 4.22. The summed E-state index contributed by atoms with van der Waals surface area (Å²) in [4.78, 5) is 0. The smallest absolute Gasteiger partial charge is 0.122 e. The lowest BCUT2D eigenvalue weighted by Gasteiger charge is -2.04. The van der Waals surface area contributed by atoms with Crippen molar-refractivity contribution in [3.05, 3.63) is 49.0 Å². The van der Waals surface area contributed by atoms with E-state index in [1.165, 1.54) is 0 Å². The third kappa shape index (κ3) is 3.46. The highest BCUT2D eigenvalue weighted by atomic mass is 16.5. The molecule has 1 heteroatoms. The summed E-state index contributed by atoms with van der Waals surface area (Å²) in [5, 5.41) is 0. The third-order valence-corrected chi connectivity index (χ3v) is 1.21. The van der Waals surface area contributed by atoms with E-state index >= 15 is 0 Å². The van der Waals surface area contributed by atoms with Crippen LogP contribution >= 0.6 is 0 Å². The predicted octanol–water partition coefficient (Wildman–Crippen LogP) is 3.18. The van der Waals surface area contributed by atoms with Gasteiger partial charge in [0.15, 0.2) is 0 Å². The van der Waals surface area contributed by atoms with E-state index in [1.807, 2.05) is 26.0 Å². The van der Waals surface area contributed by atoms with Gasteiger partial charge in [-0.25, -0.2) is 0 Å². The SMILES string of the molecule is C=CC(=CC)OC(C=C)=CC. The zero-order chi connectivity index (χ0) is 8.69. The van der Waals surface area contributed by atoms with Gasteiger partial charge in [0.1, 0.15) is 11.5 Å². The third-order valence-electron chi connectivity index (χ3n) is 1.21. The summed E-state index contributed by atoms with van der Waals surface area (Å²) in [7, 11) is 0. The van der Waals surface area contributed by atoms with E-state index in [9.17, 15) is 0 Å². The monoisotopic (exact) mass is 150 g/mol. The molecule has 0 saturated carbocycles. The second kappa shape index (κ2) is 5.54. The van der Waals surface area contributed by atoms with Gasteiger partial charge in [0.25, 0.3) is 0 Å². The molecule has 0 aromatic carbocycles. The fourth-order valence-corrected chi connectivity index (χ4v) is 0.573. The molecule has 1 nitrogen and oxygen atoms in total. The van der Waals surface area contributed by atoms with Gasteiger partial charge in [-0.05, 0) is 38.2 Å². The molecule has 0 atom stereocenters. The Morgan fingerprint density at radius 1 is 1.00 bits per heavy atom. The first-order chi connectivity index (χ1) is 5.28. The molecule has 0 aliphatic heterocycles. The highest BCUT2D eigenvalue weighted by Gasteiger charge is 1.91. The number of rotatable bonds is 4. The standard InChI is InChI=1S/C10H14O/c1-5-9(6-2)11-10(7-3)8-4/h5-8H,1,3H2,2,4H3. The Hall–Kier alpha value is -1.24. The molecule has 0 bridgehead atoms. The first kappa shape index (κ1) is 9.76. The maximum atomic E-state index is 5.33. The fourth-order valence-electron chi connectivity index (χ4n) is 0.573. The Morgan fingerprint density at radius 3 is 1.55 bits per heavy atom. The van der Waals surface area contributed by atoms with E-state index in [2.05, 4.69) is 13.2 Å². The van der Waals surface area contributed by atoms with Crippen molar-refractivity contribution >= 4 is 0 Å². The molecular formula is C10H14O. The number of allylic oxidation sites excluding steroid dienone is 4. The molecule has 60 valence electrons. The zero-order valence-electron chi connectivity index (χ0n) is 7.13. The van der Waals surface area contributed by atoms with Gasteiger partial charge in [0.2, 0.25) is 0 Å². The lowest BCUT2D eigenvalue weighted by Crippen LogP contribution is -1.86. The molecule has 0 rings (SSSR count). The Kier molecular flexibility index (Phi) is 4.91. The largest absolute Gasteiger partial charge is 0.458 e. The van der Waals surface area contributed by atoms with E-state index < -0.39 is 0 Å². The summed E-state index contributed by atoms with van der Waals surface area (Å²) >= 11 is 0. The van der Waals surface area contributed by atoms with Crippen LogP contribution in [-0.2, 0) is 4.74 Å². The highest BCUT2D eigenvalue weighted by Crippen LogP contribution is 2.07. The van der Waals surface area contributed by atoms with E-state index in [4.69, 9.17) is 4.74 Å². The van der Waals surface area contributed by atoms with Crippen LogP contribution in [0.5, 0.6) is 0 Å². The van der Waals surface area contributed by atoms with Crippen LogP contribution in [0.15, 0.2) is 49.0 Å². The van der Waals surface area contributed by atoms with Crippen molar-refractivity contribution in [2.75, 3.05) is 0 Å². The second-order valence-electron chi connectivity index (χ2n) is 1.89. The highest BCUT2D eigenvalue weighted by molar-refractivity contribution is 5.16. The van der Waals surface area contributed by atoms with Crippen molar-refractivity contribution in [1.82, 2.24) is 0 Å². The van der Waals surface area contributed by atoms with Crippen LogP contribution in [0.1, 0.15) is 13.8 Å². The molecule has 0 radical (unpaired) electrons. The van der Waals surface area contributed by atoms with Crippen LogP contribution in [0.2, 0.25) is 0 Å². The molecule has 0 fully saturated rings. The van der Waals surface area contributed by atoms with Gasteiger partial charge in [-0.3, -0.25) is 0 Å². The molecular weight excluding hydrogens is 136 g/mol. The van der Waals surface area contributed by atoms with Crippen LogP contribution in [0.3, 0.4) is 0 Å². The number of ether oxygens (including phenoxy) is 1. The van der Waals surface area contributed by atoms with Crippen LogP contribution in [0.4, 0.5) is 0 Å². The minimum Gasteiger partial charge on any atom is -0.458 e. The maximum Gasteiger partial charge on any atom is 0.122 e. The molecule has 0 heterocycles. The quantitative estimate of drug-likeness (QED) is 0.441. The van der Waals surface area contributed by atoms with Crippen LogP contribution in [0, 0.1) is 0 Å². The summed E-state index contributed by atoms with van der Waals surface area (Å²) < 4.78 is 5.33. The topological polar surface area (TPSA) is 9.23 Å². The van der Waals surface area contributed by atoms with Crippen LogP contribution in [-0.4, -0.2) is 0 Å². The first-order valence-corrected chi connectivity index (χ1v) is 3.53. The van der Waals surface area contributed by atoms with Crippen molar-refractivity contribution in [3.63, 3.8) is 0 Å². The lowest BCUT2D eigenvalue weighted by atomic mass is 10.4. The summed E-state index contributed by atoms with van der Waals surface area (Å²) in [5.74, 6) is 1.50. The van der Waals surface area contributed by atoms with Crippen LogP contribution < -0.4 is 0 Å². The molecule has 0 N–H and O–H groups in total. The summed E-state index contributed by atoms with van der Waals surface area (Å²) in [6.45, 7) is 11.0. The van der Waals surface area contributed by atoms with Crippen molar-refractivity contribution in [2.24, 2.45) is 0 Å². The summed E-state index contributed by atoms with van der Waals surface area (Å²) in [5.41, 5.74) is 0. The molecule has 0 aromatic rings. The maximum absolute atomic E-state index is 5.33. The van der Waals surface area contributed by atoms with Crippen LogP contribution in [0.25, 0.3) is 0 Å². The van der Waals surface area contributed by atoms with E-state index in [0.29, 0.717) is 0 Å². The normalized spacial score (nSPS) is 12.5. The first-order valence-electron chi connectivity index (χ1n) is 3.53. The van der Waals surface area contributed by atoms with Gasteiger partial charge in [-0.1, -0.05) is 13.2 Å².